The van der Waals surface area contributed by atoms with Crippen LogP contribution < -0.4 is 10.2 Å². The van der Waals surface area contributed by atoms with Crippen LogP contribution in [-0.4, -0.2) is 68.5 Å². The van der Waals surface area contributed by atoms with Crippen LogP contribution >= 0.6 is 7.82 Å². The molecule has 1 amide bonds. The van der Waals surface area contributed by atoms with E-state index in [0.717, 1.165) is 109 Å². The summed E-state index contributed by atoms with van der Waals surface area (Å²) in [6, 6.07) is -0.918. The Morgan fingerprint density at radius 2 is 0.705 bits per heavy atom. The maximum Gasteiger partial charge on any atom is 0.268 e. The smallest absolute Gasteiger partial charge is 0.268 e. The molecule has 0 saturated carbocycles. The first-order chi connectivity index (χ1) is 43.0. The minimum Gasteiger partial charge on any atom is -0.756 e. The molecule has 0 radical (unpaired) electrons. The van der Waals surface area contributed by atoms with Gasteiger partial charge in [0.2, 0.25) is 5.91 Å². The predicted octanol–water partition coefficient (Wildman–Crippen LogP) is 23.1. The van der Waals surface area contributed by atoms with E-state index in [2.05, 4.69) is 141 Å². The van der Waals surface area contributed by atoms with Gasteiger partial charge in [-0.2, -0.15) is 0 Å². The molecule has 0 spiro atoms. The molecule has 0 bridgehead atoms. The molecular formula is C79H139N2O6P. The zero-order valence-corrected chi connectivity index (χ0v) is 58.8. The first kappa shape index (κ1) is 84.6. The fourth-order valence-electron chi connectivity index (χ4n) is 10.2. The number of hydrogen-bond acceptors (Lipinski definition) is 6. The molecular weight excluding hydrogens is 1100 g/mol. The SMILES string of the molecule is CC/C=C\C/C=C\C/C=C\C/C=C\C/C=C\C/C=C\C/C=C\C/C=C\C/C=C\CCCCCCCCCCCC(=O)NC(COP(=O)([O-])OCC[N+](C)(C)C)C(O)/C=C/CC/C=C/CCCCCCCCCCCCCCCCCCCCCCCCC. The number of allylic oxidation sites excluding steroid dienone is 21. The van der Waals surface area contributed by atoms with Crippen LogP contribution in [0.1, 0.15) is 309 Å². The normalized spacial score (nSPS) is 14.4. The highest BCUT2D eigenvalue weighted by atomic mass is 31.2. The second kappa shape index (κ2) is 68.0. The van der Waals surface area contributed by atoms with Crippen molar-refractivity contribution in [2.75, 3.05) is 40.9 Å². The summed E-state index contributed by atoms with van der Waals surface area (Å²) in [5, 5.41) is 13.9. The number of aliphatic hydroxyl groups is 1. The van der Waals surface area contributed by atoms with Crippen LogP contribution in [0.2, 0.25) is 0 Å². The average molecular weight is 1240 g/mol. The van der Waals surface area contributed by atoms with E-state index < -0.39 is 26.6 Å². The van der Waals surface area contributed by atoms with Gasteiger partial charge >= 0.3 is 0 Å². The van der Waals surface area contributed by atoms with Crippen molar-refractivity contribution in [1.82, 2.24) is 5.32 Å². The highest BCUT2D eigenvalue weighted by Gasteiger charge is 2.23. The minimum atomic E-state index is -4.62. The molecule has 0 rings (SSSR count). The first-order valence-corrected chi connectivity index (χ1v) is 38.0. The summed E-state index contributed by atoms with van der Waals surface area (Å²) in [6.07, 6.45) is 103. The van der Waals surface area contributed by atoms with Crippen molar-refractivity contribution >= 4 is 13.7 Å². The second-order valence-electron chi connectivity index (χ2n) is 25.6. The van der Waals surface area contributed by atoms with Crippen LogP contribution in [0.5, 0.6) is 0 Å². The van der Waals surface area contributed by atoms with Crippen molar-refractivity contribution in [3.05, 3.63) is 134 Å². The molecule has 3 atom stereocenters. The van der Waals surface area contributed by atoms with Crippen LogP contribution in [0.3, 0.4) is 0 Å². The lowest BCUT2D eigenvalue weighted by Crippen LogP contribution is -2.45. The van der Waals surface area contributed by atoms with Crippen molar-refractivity contribution in [3.63, 3.8) is 0 Å². The lowest BCUT2D eigenvalue weighted by molar-refractivity contribution is -0.870. The maximum absolute atomic E-state index is 13.0. The van der Waals surface area contributed by atoms with Crippen LogP contribution in [0, 0.1) is 0 Å². The number of phosphoric ester groups is 1. The van der Waals surface area contributed by atoms with E-state index in [-0.39, 0.29) is 12.5 Å². The number of likely N-dealkylation sites (N-methyl/N-ethyl adjacent to an activating group) is 1. The third-order valence-corrected chi connectivity index (χ3v) is 16.8. The monoisotopic (exact) mass is 1240 g/mol. The molecule has 0 saturated heterocycles. The van der Waals surface area contributed by atoms with E-state index in [1.165, 1.54) is 180 Å². The van der Waals surface area contributed by atoms with E-state index >= 15 is 0 Å². The number of nitrogens with zero attached hydrogens (tertiary/aromatic N) is 1. The molecule has 9 heteroatoms. The lowest BCUT2D eigenvalue weighted by atomic mass is 10.0. The molecule has 3 unspecified atom stereocenters. The number of quaternary nitrogens is 1. The number of carbonyl (C=O) groups excluding carboxylic acids is 1. The summed E-state index contributed by atoms with van der Waals surface area (Å²) in [6.45, 7) is 4.53. The summed E-state index contributed by atoms with van der Waals surface area (Å²) in [7, 11) is 1.23. The van der Waals surface area contributed by atoms with Crippen molar-refractivity contribution in [2.45, 2.75) is 321 Å². The van der Waals surface area contributed by atoms with Crippen LogP contribution in [-0.2, 0) is 18.4 Å². The quantitative estimate of drug-likeness (QED) is 0.0272. The molecule has 0 aromatic heterocycles. The number of nitrogens with one attached hydrogen (secondary N) is 1. The van der Waals surface area contributed by atoms with Gasteiger partial charge in [0.15, 0.2) is 0 Å². The number of aliphatic hydroxyl groups excluding tert-OH is 1. The molecule has 88 heavy (non-hydrogen) atoms. The number of hydrogen-bond donors (Lipinski definition) is 2. The average Bonchev–Trinajstić information content (AvgIpc) is 3.70. The Labute approximate surface area is 545 Å². The highest BCUT2D eigenvalue weighted by molar-refractivity contribution is 7.45. The Bertz CT molecular complexity index is 1900. The third-order valence-electron chi connectivity index (χ3n) is 15.8. The second-order valence-corrected chi connectivity index (χ2v) is 27.0. The molecule has 0 aromatic rings. The summed E-state index contributed by atoms with van der Waals surface area (Å²) in [5.74, 6) is -0.216. The van der Waals surface area contributed by atoms with Gasteiger partial charge in [-0.1, -0.05) is 334 Å². The minimum absolute atomic E-state index is 0.0135. The van der Waals surface area contributed by atoms with Crippen molar-refractivity contribution in [1.29, 1.82) is 0 Å². The van der Waals surface area contributed by atoms with E-state index in [4.69, 9.17) is 9.05 Å². The van der Waals surface area contributed by atoms with Gasteiger partial charge in [-0.3, -0.25) is 9.36 Å². The van der Waals surface area contributed by atoms with Gasteiger partial charge in [0.25, 0.3) is 7.82 Å². The van der Waals surface area contributed by atoms with Crippen LogP contribution in [0.15, 0.2) is 134 Å². The van der Waals surface area contributed by atoms with E-state index in [1.54, 1.807) is 6.08 Å². The first-order valence-electron chi connectivity index (χ1n) is 36.5. The Morgan fingerprint density at radius 3 is 1.06 bits per heavy atom. The van der Waals surface area contributed by atoms with E-state index in [0.29, 0.717) is 17.4 Å². The van der Waals surface area contributed by atoms with Crippen LogP contribution in [0.4, 0.5) is 0 Å². The maximum atomic E-state index is 13.0. The Hall–Kier alpha value is -3.36. The van der Waals surface area contributed by atoms with Crippen molar-refractivity contribution < 1.29 is 32.9 Å². The standard InChI is InChI=1S/C79H139N2O6P/c1-6-8-10-12-14-16-18-20-22-24-26-28-30-32-34-36-37-38-39-40-41-42-43-45-47-49-51-53-55-57-59-61-63-65-67-69-71-73-79(83)80-77(76-87-88(84,85)86-75-74-81(3,4)5)78(82)72-70-68-66-64-62-60-58-56-54-52-50-48-46-44-35-33-31-29-27-25-23-21-19-17-15-13-11-9-7-2/h8,10,14,16,20,22,26,28,32,34,37-38,40-41,43,45,49,51,62,64,70,72,77-78,82H,6-7,9,11-13,15,17-19,21,23-25,27,29-31,33,35-36,39,42,44,46-48,50,52-61,63,65-69,71,73-76H2,1-5H3,(H-,80,83,84,85)/b10-8-,16-14-,22-20-,28-26-,34-32-,38-37-,41-40-,45-43-,51-49-,64-62+,72-70+. The fraction of sp³-hybridized carbons (Fsp3) is 0.709. The zero-order chi connectivity index (χ0) is 64.1. The lowest BCUT2D eigenvalue weighted by Gasteiger charge is -2.29. The van der Waals surface area contributed by atoms with Crippen molar-refractivity contribution in [2.24, 2.45) is 0 Å². The van der Waals surface area contributed by atoms with Gasteiger partial charge in [0.1, 0.15) is 13.2 Å². The molecule has 0 aliphatic carbocycles. The summed E-state index contributed by atoms with van der Waals surface area (Å²) < 4.78 is 23.5. The number of amides is 1. The molecule has 8 nitrogen and oxygen atoms in total. The molecule has 2 N–H and O–H groups in total. The van der Waals surface area contributed by atoms with E-state index in [9.17, 15) is 19.4 Å². The van der Waals surface area contributed by atoms with E-state index in [1.807, 2.05) is 27.2 Å². The molecule has 506 valence electrons. The van der Waals surface area contributed by atoms with Crippen LogP contribution in [0.25, 0.3) is 0 Å². The molecule has 0 aromatic carbocycles. The van der Waals surface area contributed by atoms with Gasteiger partial charge in [0, 0.05) is 6.42 Å². The Balaban J connectivity index is 4.15. The fourth-order valence-corrected chi connectivity index (χ4v) is 10.9. The highest BCUT2D eigenvalue weighted by Crippen LogP contribution is 2.38. The predicted molar refractivity (Wildman–Crippen MR) is 385 cm³/mol. The summed E-state index contributed by atoms with van der Waals surface area (Å²) >= 11 is 0. The number of carbonyl (C=O) groups is 1. The summed E-state index contributed by atoms with van der Waals surface area (Å²) in [4.78, 5) is 25.7. The van der Waals surface area contributed by atoms with Gasteiger partial charge in [0.05, 0.1) is 39.9 Å². The third kappa shape index (κ3) is 70.1. The Kier molecular flexibility index (Phi) is 65.4. The largest absolute Gasteiger partial charge is 0.756 e. The van der Waals surface area contributed by atoms with Gasteiger partial charge in [-0.15, -0.1) is 0 Å². The molecule has 0 heterocycles. The zero-order valence-electron chi connectivity index (χ0n) is 57.9. The number of rotatable bonds is 66. The number of unbranched alkanes of at least 4 members (excludes halogenated alkanes) is 33. The number of phosphoric acid groups is 1. The van der Waals surface area contributed by atoms with Crippen molar-refractivity contribution in [3.8, 4) is 0 Å². The molecule has 0 aliphatic heterocycles. The molecule has 0 fully saturated rings. The molecule has 0 aliphatic rings. The van der Waals surface area contributed by atoms with Gasteiger partial charge < -0.3 is 28.8 Å². The van der Waals surface area contributed by atoms with Gasteiger partial charge in [-0.05, 0) is 103 Å². The van der Waals surface area contributed by atoms with Gasteiger partial charge in [-0.25, -0.2) is 0 Å². The topological polar surface area (TPSA) is 108 Å². The Morgan fingerprint density at radius 1 is 0.409 bits per heavy atom. The summed E-state index contributed by atoms with van der Waals surface area (Å²) in [5.41, 5.74) is 0.